The number of aromatic nitrogens is 2. The van der Waals surface area contributed by atoms with Gasteiger partial charge in [-0.25, -0.2) is 0 Å². The number of nitrogens with zero attached hydrogens (tertiary/aromatic N) is 4. The Labute approximate surface area is 281 Å². The van der Waals surface area contributed by atoms with Crippen molar-refractivity contribution >= 4 is 34.1 Å². The van der Waals surface area contributed by atoms with Gasteiger partial charge in [0.1, 0.15) is 5.60 Å². The summed E-state index contributed by atoms with van der Waals surface area (Å²) in [7, 11) is -2.76. The summed E-state index contributed by atoms with van der Waals surface area (Å²) in [4.78, 5) is 39.4. The molecule has 5 heterocycles. The van der Waals surface area contributed by atoms with Crippen molar-refractivity contribution in [2.45, 2.75) is 143 Å². The van der Waals surface area contributed by atoms with E-state index in [0.29, 0.717) is 6.01 Å². The maximum absolute atomic E-state index is 11.8. The molecule has 0 radical (unpaired) electrons. The number of hydrogen-bond donors (Lipinski definition) is 1. The molecule has 14 heteroatoms. The fourth-order valence-corrected chi connectivity index (χ4v) is 8.32. The van der Waals surface area contributed by atoms with Gasteiger partial charge in [0.25, 0.3) is 5.56 Å². The van der Waals surface area contributed by atoms with Crippen molar-refractivity contribution in [3.63, 3.8) is 0 Å². The number of fused-ring (bicyclic) bond motifs is 3. The first-order valence-electron chi connectivity index (χ1n) is 16.6. The number of allylic oxidation sites excluding steroid dienone is 1. The van der Waals surface area contributed by atoms with Crippen molar-refractivity contribution in [3.8, 4) is 6.01 Å². The summed E-state index contributed by atoms with van der Waals surface area (Å²) in [5.41, 5.74) is -1.81. The first kappa shape index (κ1) is 38.8. The molecular formula is C33H56N4O8Si2. The normalized spacial score (nSPS) is 33.3. The molecule has 47 heavy (non-hydrogen) atoms. The van der Waals surface area contributed by atoms with Crippen LogP contribution in [-0.4, -0.2) is 83.3 Å². The highest BCUT2D eigenvalue weighted by molar-refractivity contribution is 6.76. The molecule has 8 atom stereocenters. The van der Waals surface area contributed by atoms with E-state index in [1.54, 1.807) is 13.1 Å². The van der Waals surface area contributed by atoms with Crippen LogP contribution in [0.15, 0.2) is 34.0 Å². The zero-order chi connectivity index (χ0) is 35.7. The summed E-state index contributed by atoms with van der Waals surface area (Å²) < 4.78 is 29.8. The minimum absolute atomic E-state index is 0.0636. The smallest absolute Gasteiger partial charge is 0.302 e. The van der Waals surface area contributed by atoms with Gasteiger partial charge in [0.15, 0.2) is 38.0 Å². The molecule has 0 aliphatic carbocycles. The van der Waals surface area contributed by atoms with Crippen LogP contribution < -0.4 is 10.3 Å². The van der Waals surface area contributed by atoms with Gasteiger partial charge in [-0.15, -0.1) is 0 Å². The molecule has 0 unspecified atom stereocenters. The molecule has 1 aromatic rings. The molecule has 0 spiro atoms. The lowest BCUT2D eigenvalue weighted by molar-refractivity contribution is -0.156. The molecule has 1 aromatic heterocycles. The fourth-order valence-electron chi connectivity index (χ4n) is 6.31. The Balaban J connectivity index is 0.000000196. The van der Waals surface area contributed by atoms with Gasteiger partial charge in [-0.2, -0.15) is 4.98 Å². The Kier molecular flexibility index (Phi) is 11.9. The van der Waals surface area contributed by atoms with Crippen LogP contribution in [0.25, 0.3) is 0 Å². The molecule has 264 valence electrons. The number of ketones is 1. The second-order valence-corrected chi connectivity index (χ2v) is 24.2. The SMILES string of the molecule is CC(=N[Si](C)(C)C)O[Si](C)(C)C.CC[C@H]1O[C@@H](N2C=CC(=O)CC2=O)[C@@](C)(O)[C@@H]1C.CC[C@H]1O[C@H]2n3ccc(=O)nc3O[C@@]2(C)[C@@H]1C. The molecule has 0 aromatic carbocycles. The van der Waals surface area contributed by atoms with Gasteiger partial charge in [0, 0.05) is 37.2 Å². The highest BCUT2D eigenvalue weighted by Crippen LogP contribution is 2.50. The first-order chi connectivity index (χ1) is 21.5. The zero-order valence-corrected chi connectivity index (χ0v) is 32.5. The molecule has 2 saturated heterocycles. The van der Waals surface area contributed by atoms with Gasteiger partial charge in [-0.3, -0.25) is 28.5 Å². The lowest BCUT2D eigenvalue weighted by Crippen LogP contribution is -2.51. The number of hydrogen-bond acceptors (Lipinski definition) is 10. The van der Waals surface area contributed by atoms with Crippen LogP contribution in [0, 0.1) is 11.8 Å². The van der Waals surface area contributed by atoms with Crippen molar-refractivity contribution in [1.82, 2.24) is 14.5 Å². The Morgan fingerprint density at radius 3 is 2.11 bits per heavy atom. The molecule has 1 N–H and O–H groups in total. The molecule has 2 fully saturated rings. The van der Waals surface area contributed by atoms with Crippen LogP contribution in [0.3, 0.4) is 0 Å². The Morgan fingerprint density at radius 1 is 1.02 bits per heavy atom. The highest BCUT2D eigenvalue weighted by Gasteiger charge is 2.58. The van der Waals surface area contributed by atoms with E-state index < -0.39 is 34.0 Å². The molecule has 4 aliphatic heterocycles. The molecular weight excluding hydrogens is 637 g/mol. The van der Waals surface area contributed by atoms with Crippen LogP contribution in [0.5, 0.6) is 6.01 Å². The van der Waals surface area contributed by atoms with Crippen LogP contribution in [0.1, 0.15) is 74.0 Å². The van der Waals surface area contributed by atoms with Gasteiger partial charge in [0.05, 0.1) is 18.6 Å². The largest absolute Gasteiger partial charge is 0.535 e. The number of rotatable bonds is 5. The summed E-state index contributed by atoms with van der Waals surface area (Å²) in [6.45, 7) is 27.0. The molecule has 4 aliphatic rings. The average molecular weight is 693 g/mol. The second-order valence-electron chi connectivity index (χ2n) is 15.2. The first-order valence-corrected chi connectivity index (χ1v) is 23.5. The van der Waals surface area contributed by atoms with E-state index in [0.717, 1.165) is 18.7 Å². The predicted molar refractivity (Wildman–Crippen MR) is 186 cm³/mol. The molecule has 0 bridgehead atoms. The maximum Gasteiger partial charge on any atom is 0.302 e. The molecule has 5 rings (SSSR count). The minimum Gasteiger partial charge on any atom is -0.535 e. The van der Waals surface area contributed by atoms with Crippen LogP contribution in [-0.2, 0) is 23.5 Å². The number of aliphatic hydroxyl groups is 1. The van der Waals surface area contributed by atoms with Crippen molar-refractivity contribution in [2.24, 2.45) is 16.5 Å². The summed E-state index contributed by atoms with van der Waals surface area (Å²) in [5.74, 6) is 0.555. The minimum atomic E-state index is -1.43. The summed E-state index contributed by atoms with van der Waals surface area (Å²) in [6.07, 6.45) is 5.27. The van der Waals surface area contributed by atoms with Crippen molar-refractivity contribution < 1.29 is 33.3 Å². The lowest BCUT2D eigenvalue weighted by atomic mass is 9.86. The summed E-state index contributed by atoms with van der Waals surface area (Å²) in [6, 6.07) is 1.80. The van der Waals surface area contributed by atoms with E-state index in [1.165, 1.54) is 23.2 Å². The lowest BCUT2D eigenvalue weighted by Gasteiger charge is -2.35. The topological polar surface area (TPSA) is 142 Å². The standard InChI is InChI=1S/C13H19NO4.C12H16N2O3.C8H21NOSi2/c1-4-10-8(2)13(3,17)12(18-10)14-6-5-9(15)7-11(14)16;1-4-8-7(2)12(3)10(16-8)14-6-5-9(15)13-11(14)17-12;1-8(9-11(2,3)4)10-12(5,6)7/h5-6,8,10,12,17H,4,7H2,1-3H3;5-8,10H,4H2,1-3H3;1-7H3/t8-,10-,12-,13+;7-,8-,10-,12+;/m11./s1. The van der Waals surface area contributed by atoms with Crippen molar-refractivity contribution in [2.75, 3.05) is 0 Å². The van der Waals surface area contributed by atoms with Gasteiger partial charge in [0.2, 0.25) is 14.2 Å². The average Bonchev–Trinajstić information content (AvgIpc) is 3.44. The highest BCUT2D eigenvalue weighted by atomic mass is 28.4. The van der Waals surface area contributed by atoms with Gasteiger partial charge in [-0.1, -0.05) is 27.7 Å². The van der Waals surface area contributed by atoms with E-state index in [-0.39, 0.29) is 53.9 Å². The number of carbonyl (C=O) groups excluding carboxylic acids is 2. The monoisotopic (exact) mass is 692 g/mol. The third kappa shape index (κ3) is 9.08. The van der Waals surface area contributed by atoms with E-state index >= 15 is 0 Å². The number of ether oxygens (including phenoxy) is 3. The molecule has 1 amide bonds. The molecule has 12 nitrogen and oxygen atoms in total. The van der Waals surface area contributed by atoms with E-state index in [2.05, 4.69) is 62.8 Å². The van der Waals surface area contributed by atoms with Crippen molar-refractivity contribution in [3.05, 3.63) is 34.9 Å². The number of carbonyl (C=O) groups is 2. The summed E-state index contributed by atoms with van der Waals surface area (Å²) >= 11 is 0. The van der Waals surface area contributed by atoms with E-state index in [4.69, 9.17) is 18.6 Å². The van der Waals surface area contributed by atoms with E-state index in [1.807, 2.05) is 32.3 Å². The zero-order valence-electron chi connectivity index (χ0n) is 30.5. The van der Waals surface area contributed by atoms with Gasteiger partial charge < -0.3 is 23.7 Å². The van der Waals surface area contributed by atoms with Gasteiger partial charge >= 0.3 is 6.01 Å². The predicted octanol–water partition coefficient (Wildman–Crippen LogP) is 5.25. The van der Waals surface area contributed by atoms with Gasteiger partial charge in [-0.05, 0) is 72.0 Å². The third-order valence-electron chi connectivity index (χ3n) is 8.95. The van der Waals surface area contributed by atoms with Crippen LogP contribution in [0.4, 0.5) is 0 Å². The maximum atomic E-state index is 11.8. The fraction of sp³-hybridized carbons (Fsp3) is 0.727. The molecule has 0 saturated carbocycles. The quantitative estimate of drug-likeness (QED) is 0.190. The Bertz CT molecular complexity index is 1420. The van der Waals surface area contributed by atoms with Crippen LogP contribution >= 0.6 is 0 Å². The van der Waals surface area contributed by atoms with E-state index in [9.17, 15) is 19.5 Å². The third-order valence-corrected chi connectivity index (χ3v) is 10.8. The Hall–Kier alpha value is -2.66. The number of amides is 1. The van der Waals surface area contributed by atoms with Crippen molar-refractivity contribution in [1.29, 1.82) is 0 Å². The Morgan fingerprint density at radius 2 is 1.60 bits per heavy atom. The second kappa shape index (κ2) is 14.4. The van der Waals surface area contributed by atoms with Crippen LogP contribution in [0.2, 0.25) is 39.3 Å². The summed E-state index contributed by atoms with van der Waals surface area (Å²) in [5, 5.41) is 10.5.